The van der Waals surface area contributed by atoms with Gasteiger partial charge in [0, 0.05) is 37.1 Å². The van der Waals surface area contributed by atoms with Gasteiger partial charge in [-0.1, -0.05) is 55.8 Å². The van der Waals surface area contributed by atoms with Crippen molar-refractivity contribution < 1.29 is 19.4 Å². The number of amides is 3. The lowest BCUT2D eigenvalue weighted by Gasteiger charge is -2.40. The number of nitrogens with zero attached hydrogens (tertiary/aromatic N) is 1. The topological polar surface area (TPSA) is 117 Å². The van der Waals surface area contributed by atoms with Crippen LogP contribution in [0.5, 0.6) is 0 Å². The van der Waals surface area contributed by atoms with Crippen LogP contribution in [0.25, 0.3) is 0 Å². The fourth-order valence-electron chi connectivity index (χ4n) is 5.52. The van der Waals surface area contributed by atoms with Crippen LogP contribution in [0.1, 0.15) is 70.0 Å². The van der Waals surface area contributed by atoms with Crippen molar-refractivity contribution in [2.75, 3.05) is 32.8 Å². The molecule has 9 heteroatoms. The third-order valence-electron chi connectivity index (χ3n) is 7.35. The van der Waals surface area contributed by atoms with E-state index in [0.717, 1.165) is 24.8 Å². The van der Waals surface area contributed by atoms with Gasteiger partial charge >= 0.3 is 12.1 Å². The maximum Gasteiger partial charge on any atom is 0.404 e. The Morgan fingerprint density at radius 2 is 2.03 bits per heavy atom. The summed E-state index contributed by atoms with van der Waals surface area (Å²) in [5, 5.41) is 15.1. The van der Waals surface area contributed by atoms with Crippen LogP contribution in [-0.2, 0) is 4.74 Å². The average Bonchev–Trinajstić information content (AvgIpc) is 2.84. The third kappa shape index (κ3) is 8.54. The number of hydrogen-bond acceptors (Lipinski definition) is 4. The van der Waals surface area contributed by atoms with Gasteiger partial charge in [-0.25, -0.2) is 9.59 Å². The van der Waals surface area contributed by atoms with Gasteiger partial charge in [-0.15, -0.1) is 0 Å². The van der Waals surface area contributed by atoms with Crippen LogP contribution in [0.2, 0.25) is 5.02 Å². The Morgan fingerprint density at radius 1 is 1.26 bits per heavy atom. The van der Waals surface area contributed by atoms with E-state index in [1.54, 1.807) is 0 Å². The van der Waals surface area contributed by atoms with Crippen LogP contribution in [0.4, 0.5) is 9.59 Å². The SMILES string of the molecule is C[C@@](CN)(CC1CCCCC1)NC(=O)N1CCC[C@@H](C(OCCNC(=O)O)c2cccc(Cl)c2)C1. The zero-order chi connectivity index (χ0) is 25.3. The highest BCUT2D eigenvalue weighted by Crippen LogP contribution is 2.34. The molecule has 1 aliphatic carbocycles. The highest BCUT2D eigenvalue weighted by atomic mass is 35.5. The second-order valence-electron chi connectivity index (χ2n) is 10.3. The maximum atomic E-state index is 13.3. The molecule has 1 unspecified atom stereocenters. The van der Waals surface area contributed by atoms with E-state index in [-0.39, 0.29) is 31.2 Å². The van der Waals surface area contributed by atoms with E-state index in [4.69, 9.17) is 27.2 Å². The number of carbonyl (C=O) groups is 2. The van der Waals surface area contributed by atoms with Crippen molar-refractivity contribution in [2.24, 2.45) is 17.6 Å². The number of piperidine rings is 1. The van der Waals surface area contributed by atoms with Gasteiger partial charge in [-0.3, -0.25) is 0 Å². The first-order valence-corrected chi connectivity index (χ1v) is 13.3. The molecule has 1 aliphatic heterocycles. The van der Waals surface area contributed by atoms with Crippen LogP contribution in [0.15, 0.2) is 24.3 Å². The monoisotopic (exact) mass is 508 g/mol. The van der Waals surface area contributed by atoms with Crippen molar-refractivity contribution >= 4 is 23.7 Å². The lowest BCUT2D eigenvalue weighted by molar-refractivity contribution is -0.00878. The van der Waals surface area contributed by atoms with E-state index in [1.165, 1.54) is 32.1 Å². The van der Waals surface area contributed by atoms with Gasteiger partial charge in [0.25, 0.3) is 0 Å². The first-order chi connectivity index (χ1) is 16.8. The molecule has 35 heavy (non-hydrogen) atoms. The summed E-state index contributed by atoms with van der Waals surface area (Å²) in [6.45, 7) is 4.15. The second-order valence-corrected chi connectivity index (χ2v) is 10.8. The lowest BCUT2D eigenvalue weighted by Crippen LogP contribution is -2.57. The van der Waals surface area contributed by atoms with Crippen LogP contribution >= 0.6 is 11.6 Å². The zero-order valence-corrected chi connectivity index (χ0v) is 21.6. The molecule has 1 saturated carbocycles. The average molecular weight is 509 g/mol. The number of carboxylic acid groups (broad SMARTS) is 1. The van der Waals surface area contributed by atoms with E-state index < -0.39 is 11.6 Å². The number of rotatable bonds is 10. The Morgan fingerprint density at radius 3 is 2.71 bits per heavy atom. The van der Waals surface area contributed by atoms with E-state index in [1.807, 2.05) is 29.2 Å². The van der Waals surface area contributed by atoms with Crippen LogP contribution in [0.3, 0.4) is 0 Å². The molecule has 3 rings (SSSR count). The minimum absolute atomic E-state index is 0.0697. The van der Waals surface area contributed by atoms with Crippen LogP contribution < -0.4 is 16.4 Å². The normalized spacial score (nSPS) is 21.7. The summed E-state index contributed by atoms with van der Waals surface area (Å²) in [5.74, 6) is 0.687. The van der Waals surface area contributed by atoms with Crippen molar-refractivity contribution in [2.45, 2.75) is 69.9 Å². The van der Waals surface area contributed by atoms with Gasteiger partial charge in [0.1, 0.15) is 0 Å². The summed E-state index contributed by atoms with van der Waals surface area (Å²) in [5.41, 5.74) is 6.66. The van der Waals surface area contributed by atoms with Crippen LogP contribution in [-0.4, -0.2) is 60.5 Å². The first kappa shape index (κ1) is 27.6. The number of likely N-dealkylation sites (tertiary alicyclic amines) is 1. The Labute approximate surface area is 213 Å². The highest BCUT2D eigenvalue weighted by molar-refractivity contribution is 6.30. The van der Waals surface area contributed by atoms with Gasteiger partial charge in [-0.05, 0) is 49.8 Å². The van der Waals surface area contributed by atoms with E-state index >= 15 is 0 Å². The molecule has 2 fully saturated rings. The molecule has 0 aromatic heterocycles. The minimum Gasteiger partial charge on any atom is -0.465 e. The molecule has 0 radical (unpaired) electrons. The Bertz CT molecular complexity index is 835. The van der Waals surface area contributed by atoms with Crippen LogP contribution in [0, 0.1) is 11.8 Å². The fraction of sp³-hybridized carbons (Fsp3) is 0.692. The predicted molar refractivity (Wildman–Crippen MR) is 138 cm³/mol. The molecule has 3 atom stereocenters. The van der Waals surface area contributed by atoms with Gasteiger partial charge in [0.2, 0.25) is 0 Å². The van der Waals surface area contributed by atoms with Crippen molar-refractivity contribution in [1.82, 2.24) is 15.5 Å². The number of nitrogens with two attached hydrogens (primary N) is 1. The standard InChI is InChI=1S/C26H41ClN4O4/c1-26(18-28,16-19-7-3-2-4-8-19)30-24(32)31-13-6-10-21(17-31)23(35-14-12-29-25(33)34)20-9-5-11-22(27)15-20/h5,9,11,15,19,21,23,29H,2-4,6-8,10,12-14,16-18,28H2,1H3,(H,30,32)(H,33,34)/t21-,23?,26+/m1/s1. The molecule has 0 bridgehead atoms. The van der Waals surface area contributed by atoms with E-state index in [0.29, 0.717) is 30.6 Å². The summed E-state index contributed by atoms with van der Waals surface area (Å²) in [4.78, 5) is 26.0. The Kier molecular flexibility index (Phi) is 10.5. The summed E-state index contributed by atoms with van der Waals surface area (Å²) >= 11 is 6.25. The van der Waals surface area contributed by atoms with Crippen molar-refractivity contribution in [3.63, 3.8) is 0 Å². The molecule has 1 aromatic carbocycles. The lowest BCUT2D eigenvalue weighted by atomic mass is 9.80. The number of urea groups is 1. The fourth-order valence-corrected chi connectivity index (χ4v) is 5.72. The zero-order valence-electron chi connectivity index (χ0n) is 20.8. The number of benzene rings is 1. The number of nitrogens with one attached hydrogen (secondary N) is 2. The van der Waals surface area contributed by atoms with E-state index in [2.05, 4.69) is 17.6 Å². The Hall–Kier alpha value is -2.03. The van der Waals surface area contributed by atoms with Gasteiger partial charge < -0.3 is 31.1 Å². The Balaban J connectivity index is 1.65. The maximum absolute atomic E-state index is 13.3. The summed E-state index contributed by atoms with van der Waals surface area (Å²) < 4.78 is 6.16. The third-order valence-corrected chi connectivity index (χ3v) is 7.58. The second kappa shape index (κ2) is 13.3. The molecule has 0 spiro atoms. The van der Waals surface area contributed by atoms with Crippen molar-refractivity contribution in [3.05, 3.63) is 34.9 Å². The predicted octanol–water partition coefficient (Wildman–Crippen LogP) is 4.77. The quantitative estimate of drug-likeness (QED) is 0.339. The summed E-state index contributed by atoms with van der Waals surface area (Å²) in [7, 11) is 0. The van der Waals surface area contributed by atoms with Gasteiger partial charge in [0.15, 0.2) is 0 Å². The number of halogens is 1. The number of carbonyl (C=O) groups excluding carboxylic acids is 1. The van der Waals surface area contributed by atoms with Gasteiger partial charge in [-0.2, -0.15) is 0 Å². The minimum atomic E-state index is -1.08. The molecule has 5 N–H and O–H groups in total. The molecule has 1 saturated heterocycles. The number of hydrogen-bond donors (Lipinski definition) is 4. The van der Waals surface area contributed by atoms with Crippen molar-refractivity contribution in [1.29, 1.82) is 0 Å². The molecule has 196 valence electrons. The van der Waals surface area contributed by atoms with Gasteiger partial charge in [0.05, 0.1) is 18.2 Å². The van der Waals surface area contributed by atoms with Crippen molar-refractivity contribution in [3.8, 4) is 0 Å². The molecule has 1 heterocycles. The summed E-state index contributed by atoms with van der Waals surface area (Å²) in [6.07, 6.45) is 7.58. The molecular weight excluding hydrogens is 468 g/mol. The molecule has 3 amide bonds. The number of ether oxygens (including phenoxy) is 1. The molecule has 1 aromatic rings. The first-order valence-electron chi connectivity index (χ1n) is 12.9. The summed E-state index contributed by atoms with van der Waals surface area (Å²) in [6, 6.07) is 7.47. The van der Waals surface area contributed by atoms with E-state index in [9.17, 15) is 9.59 Å². The molecule has 2 aliphatic rings. The highest BCUT2D eigenvalue weighted by Gasteiger charge is 2.35. The molecular formula is C26H41ClN4O4. The molecule has 8 nitrogen and oxygen atoms in total. The largest absolute Gasteiger partial charge is 0.465 e. The smallest absolute Gasteiger partial charge is 0.404 e.